The maximum atomic E-state index is 13.0. The molecule has 0 unspecified atom stereocenters. The lowest BCUT2D eigenvalue weighted by atomic mass is 9.94. The first-order valence-electron chi connectivity index (χ1n) is 12.5. The normalized spacial score (nSPS) is 14.9. The molecule has 1 amide bonds. The molecule has 0 aliphatic heterocycles. The smallest absolute Gasteiger partial charge is 0.262 e. The van der Waals surface area contributed by atoms with E-state index >= 15 is 0 Å². The second-order valence-electron chi connectivity index (χ2n) is 9.62. The van der Waals surface area contributed by atoms with Crippen LogP contribution in [0.2, 0.25) is 0 Å². The van der Waals surface area contributed by atoms with Crippen LogP contribution in [0.15, 0.2) is 58.9 Å². The molecule has 0 spiro atoms. The molecule has 0 saturated carbocycles. The Morgan fingerprint density at radius 1 is 1.27 bits per heavy atom. The van der Waals surface area contributed by atoms with Gasteiger partial charge in [0.25, 0.3) is 5.91 Å². The molecule has 202 valence electrons. The lowest BCUT2D eigenvalue weighted by Crippen LogP contribution is -2.42. The fraction of sp³-hybridized carbons (Fsp3) is 0.464. The summed E-state index contributed by atoms with van der Waals surface area (Å²) in [6.45, 7) is 17.1. The molecule has 1 atom stereocenters. The number of oxime groups is 1. The third kappa shape index (κ3) is 7.62. The quantitative estimate of drug-likeness (QED) is 0.115. The number of hydrogen-bond donors (Lipinski definition) is 3. The standard InChI is InChI=1S/C28H40N4O5/c1-10-12-24(36-17(4)5)25(16(2)3)30-22-15-23(33)26(22)29-21-14-11-13-20(27(21)34)28(35)32(9)19(8)31-37-18(6)7/h11-14,16,18,25,29-30,34H,4,10,15H2,1-3,5-9H3/b24-12-,31-19+/t25-/m1/s1. The molecule has 0 saturated heterocycles. The summed E-state index contributed by atoms with van der Waals surface area (Å²) in [6.07, 6.45) is 2.88. The van der Waals surface area contributed by atoms with E-state index in [1.807, 2.05) is 26.8 Å². The molecule has 0 bridgehead atoms. The highest BCUT2D eigenvalue weighted by molar-refractivity contribution is 6.09. The molecule has 2 rings (SSSR count). The molecule has 0 heterocycles. The predicted molar refractivity (Wildman–Crippen MR) is 146 cm³/mol. The van der Waals surface area contributed by atoms with Gasteiger partial charge in [0.1, 0.15) is 23.4 Å². The maximum absolute atomic E-state index is 13.0. The Morgan fingerprint density at radius 3 is 2.49 bits per heavy atom. The van der Waals surface area contributed by atoms with Crippen LogP contribution >= 0.6 is 0 Å². The fourth-order valence-corrected chi connectivity index (χ4v) is 3.58. The van der Waals surface area contributed by atoms with Crippen LogP contribution in [0.25, 0.3) is 0 Å². The summed E-state index contributed by atoms with van der Waals surface area (Å²) in [5.41, 5.74) is 1.36. The number of anilines is 1. The molecule has 1 aromatic carbocycles. The average Bonchev–Trinajstić information content (AvgIpc) is 2.82. The van der Waals surface area contributed by atoms with Gasteiger partial charge in [0.05, 0.1) is 29.5 Å². The number of hydrogen-bond acceptors (Lipinski definition) is 8. The number of allylic oxidation sites excluding steroid dienone is 4. The Kier molecular flexibility index (Phi) is 10.3. The molecule has 0 radical (unpaired) electrons. The van der Waals surface area contributed by atoms with E-state index in [9.17, 15) is 14.7 Å². The van der Waals surface area contributed by atoms with Gasteiger partial charge < -0.3 is 25.3 Å². The van der Waals surface area contributed by atoms with Gasteiger partial charge in [-0.1, -0.05) is 38.6 Å². The van der Waals surface area contributed by atoms with Crippen LogP contribution in [0.4, 0.5) is 5.69 Å². The minimum Gasteiger partial charge on any atom is -0.505 e. The number of amidine groups is 1. The van der Waals surface area contributed by atoms with Crippen molar-refractivity contribution in [3.63, 3.8) is 0 Å². The molecule has 1 aliphatic carbocycles. The Bertz CT molecular complexity index is 1120. The average molecular weight is 513 g/mol. The highest BCUT2D eigenvalue weighted by Gasteiger charge is 2.32. The van der Waals surface area contributed by atoms with Crippen molar-refractivity contribution in [2.24, 2.45) is 11.1 Å². The largest absolute Gasteiger partial charge is 0.505 e. The number of phenolic OH excluding ortho intramolecular Hbond substituents is 1. The predicted octanol–water partition coefficient (Wildman–Crippen LogP) is 5.28. The zero-order valence-corrected chi connectivity index (χ0v) is 23.1. The van der Waals surface area contributed by atoms with Crippen LogP contribution in [-0.4, -0.2) is 46.7 Å². The second-order valence-corrected chi connectivity index (χ2v) is 9.62. The number of Topliss-reactive ketones (excluding diaryl/α,β-unsaturated/α-hetero) is 1. The third-order valence-corrected chi connectivity index (χ3v) is 5.63. The molecule has 9 nitrogen and oxygen atoms in total. The van der Waals surface area contributed by atoms with Crippen molar-refractivity contribution in [3.8, 4) is 5.75 Å². The highest BCUT2D eigenvalue weighted by Crippen LogP contribution is 2.33. The number of carbonyl (C=O) groups is 2. The monoisotopic (exact) mass is 512 g/mol. The fourth-order valence-electron chi connectivity index (χ4n) is 3.58. The van der Waals surface area contributed by atoms with E-state index in [-0.39, 0.29) is 47.3 Å². The number of para-hydroxylation sites is 1. The summed E-state index contributed by atoms with van der Waals surface area (Å²) in [7, 11) is 1.55. The van der Waals surface area contributed by atoms with Crippen LogP contribution in [0.1, 0.15) is 71.7 Å². The molecule has 1 aliphatic rings. The van der Waals surface area contributed by atoms with Crippen molar-refractivity contribution in [2.75, 3.05) is 12.4 Å². The van der Waals surface area contributed by atoms with E-state index < -0.39 is 5.91 Å². The van der Waals surface area contributed by atoms with E-state index in [2.05, 4.69) is 36.2 Å². The maximum Gasteiger partial charge on any atom is 0.262 e. The summed E-state index contributed by atoms with van der Waals surface area (Å²) in [4.78, 5) is 32.1. The first-order valence-corrected chi connectivity index (χ1v) is 12.5. The van der Waals surface area contributed by atoms with Gasteiger partial charge in [-0.15, -0.1) is 0 Å². The number of rotatable bonds is 12. The number of aromatic hydroxyl groups is 1. The summed E-state index contributed by atoms with van der Waals surface area (Å²) < 4.78 is 5.87. The van der Waals surface area contributed by atoms with Crippen molar-refractivity contribution in [1.82, 2.24) is 10.2 Å². The first-order chi connectivity index (χ1) is 17.4. The van der Waals surface area contributed by atoms with E-state index in [0.717, 1.165) is 12.2 Å². The molecule has 9 heteroatoms. The number of ketones is 1. The van der Waals surface area contributed by atoms with Gasteiger partial charge in [-0.05, 0) is 58.2 Å². The highest BCUT2D eigenvalue weighted by atomic mass is 16.6. The van der Waals surface area contributed by atoms with Crippen molar-refractivity contribution in [3.05, 3.63) is 59.3 Å². The van der Waals surface area contributed by atoms with Crippen LogP contribution < -0.4 is 10.6 Å². The number of phenols is 1. The minimum atomic E-state index is -0.465. The Balaban J connectivity index is 2.32. The number of ether oxygens (including phenoxy) is 1. The minimum absolute atomic E-state index is 0.0663. The summed E-state index contributed by atoms with van der Waals surface area (Å²) >= 11 is 0. The second kappa shape index (κ2) is 13.0. The topological polar surface area (TPSA) is 112 Å². The number of nitrogens with zero attached hydrogens (tertiary/aromatic N) is 2. The summed E-state index contributed by atoms with van der Waals surface area (Å²) in [5.74, 6) is 0.997. The van der Waals surface area contributed by atoms with E-state index in [1.165, 1.54) is 11.0 Å². The molecule has 37 heavy (non-hydrogen) atoms. The van der Waals surface area contributed by atoms with Crippen molar-refractivity contribution >= 4 is 23.2 Å². The lowest BCUT2D eigenvalue weighted by molar-refractivity contribution is -0.116. The molecule has 1 aromatic rings. The van der Waals surface area contributed by atoms with Crippen LogP contribution in [0, 0.1) is 5.92 Å². The molecular weight excluding hydrogens is 472 g/mol. The first kappa shape index (κ1) is 29.5. The van der Waals surface area contributed by atoms with Crippen molar-refractivity contribution < 1.29 is 24.3 Å². The summed E-state index contributed by atoms with van der Waals surface area (Å²) in [6, 6.07) is 4.58. The van der Waals surface area contributed by atoms with Gasteiger partial charge in [-0.2, -0.15) is 0 Å². The van der Waals surface area contributed by atoms with Gasteiger partial charge in [0, 0.05) is 12.7 Å². The van der Waals surface area contributed by atoms with Crippen molar-refractivity contribution in [1.29, 1.82) is 0 Å². The lowest BCUT2D eigenvalue weighted by Gasteiger charge is -2.32. The third-order valence-electron chi connectivity index (χ3n) is 5.63. The Labute approximate surface area is 219 Å². The number of amides is 1. The Hall–Kier alpha value is -3.75. The molecule has 3 N–H and O–H groups in total. The molecule has 0 fully saturated rings. The van der Waals surface area contributed by atoms with Crippen molar-refractivity contribution in [2.45, 2.75) is 73.5 Å². The Morgan fingerprint density at radius 2 is 1.95 bits per heavy atom. The number of nitrogens with one attached hydrogen (secondary N) is 2. The number of benzene rings is 1. The van der Waals surface area contributed by atoms with Gasteiger partial charge in [-0.25, -0.2) is 0 Å². The molecule has 0 aromatic heterocycles. The van der Waals surface area contributed by atoms with Gasteiger partial charge >= 0.3 is 0 Å². The number of carbonyl (C=O) groups excluding carboxylic acids is 2. The van der Waals surface area contributed by atoms with Crippen LogP contribution in [-0.2, 0) is 14.4 Å². The zero-order valence-electron chi connectivity index (χ0n) is 23.1. The van der Waals surface area contributed by atoms with Gasteiger partial charge in [0.2, 0.25) is 0 Å². The van der Waals surface area contributed by atoms with Crippen LogP contribution in [0.5, 0.6) is 5.75 Å². The summed E-state index contributed by atoms with van der Waals surface area (Å²) in [5, 5.41) is 21.3. The molecular formula is C28H40N4O5. The van der Waals surface area contributed by atoms with E-state index in [4.69, 9.17) is 9.57 Å². The van der Waals surface area contributed by atoms with Gasteiger partial charge in [0.15, 0.2) is 11.5 Å². The SMILES string of the molecule is C=C(C)O/C(=C\CC)[C@H](NC1=C(Nc2cccc(C(=O)N(C)/C(C)=N/OC(C)C)c2O)C(=O)C1)C(C)C. The van der Waals surface area contributed by atoms with Crippen LogP contribution in [0.3, 0.4) is 0 Å². The van der Waals surface area contributed by atoms with Gasteiger partial charge in [-0.3, -0.25) is 14.5 Å². The van der Waals surface area contributed by atoms with E-state index in [0.29, 0.717) is 23.0 Å². The van der Waals surface area contributed by atoms with E-state index in [1.54, 1.807) is 33.0 Å². The zero-order chi connectivity index (χ0) is 27.9.